The molecule has 1 aromatic heterocycles. The summed E-state index contributed by atoms with van der Waals surface area (Å²) in [4.78, 5) is 14.0. The molecule has 0 saturated heterocycles. The second kappa shape index (κ2) is 6.41. The van der Waals surface area contributed by atoms with E-state index in [0.29, 0.717) is 17.7 Å². The van der Waals surface area contributed by atoms with Gasteiger partial charge in [-0.05, 0) is 34.1 Å². The molecular formula is C18H27F2N3O4. The SMILES string of the molecule is C[C@@H]1Cc2nn3c(c2CN1C(=O)OC(C)(C)C)C(F)(F)CC[C@](O)(CO)C3. The highest BCUT2D eigenvalue weighted by Gasteiger charge is 2.48. The van der Waals surface area contributed by atoms with E-state index >= 15 is 0 Å². The Labute approximate surface area is 156 Å². The van der Waals surface area contributed by atoms with Crippen molar-refractivity contribution in [3.8, 4) is 0 Å². The van der Waals surface area contributed by atoms with E-state index in [0.717, 1.165) is 4.68 Å². The summed E-state index contributed by atoms with van der Waals surface area (Å²) < 4.78 is 36.3. The molecule has 2 atom stereocenters. The van der Waals surface area contributed by atoms with Crippen molar-refractivity contribution in [2.24, 2.45) is 0 Å². The number of rotatable bonds is 1. The van der Waals surface area contributed by atoms with Crippen LogP contribution in [0.3, 0.4) is 0 Å². The van der Waals surface area contributed by atoms with Gasteiger partial charge in [-0.1, -0.05) is 0 Å². The van der Waals surface area contributed by atoms with Gasteiger partial charge in [0.2, 0.25) is 0 Å². The highest BCUT2D eigenvalue weighted by molar-refractivity contribution is 5.69. The van der Waals surface area contributed by atoms with Crippen molar-refractivity contribution in [2.75, 3.05) is 6.61 Å². The van der Waals surface area contributed by atoms with Gasteiger partial charge in [0.1, 0.15) is 16.9 Å². The Balaban J connectivity index is 1.98. The van der Waals surface area contributed by atoms with E-state index in [1.165, 1.54) is 4.90 Å². The molecule has 2 aliphatic heterocycles. The number of carbonyl (C=O) groups is 1. The number of alkyl halides is 2. The predicted octanol–water partition coefficient (Wildman–Crippen LogP) is 2.17. The van der Waals surface area contributed by atoms with Gasteiger partial charge in [-0.3, -0.25) is 4.68 Å². The lowest BCUT2D eigenvalue weighted by atomic mass is 9.94. The molecule has 152 valence electrons. The fourth-order valence-corrected chi connectivity index (χ4v) is 3.68. The van der Waals surface area contributed by atoms with Crippen molar-refractivity contribution in [1.29, 1.82) is 0 Å². The zero-order chi connectivity index (χ0) is 20.2. The minimum Gasteiger partial charge on any atom is -0.444 e. The third-order valence-corrected chi connectivity index (χ3v) is 5.10. The van der Waals surface area contributed by atoms with Crippen molar-refractivity contribution < 1.29 is 28.5 Å². The van der Waals surface area contributed by atoms with E-state index in [2.05, 4.69) is 5.10 Å². The molecule has 3 rings (SSSR count). The molecule has 0 spiro atoms. The Kier molecular flexibility index (Phi) is 4.75. The quantitative estimate of drug-likeness (QED) is 0.771. The number of nitrogens with zero attached hydrogens (tertiary/aromatic N) is 3. The van der Waals surface area contributed by atoms with Crippen LogP contribution in [-0.2, 0) is 30.2 Å². The van der Waals surface area contributed by atoms with Gasteiger partial charge in [0.25, 0.3) is 5.92 Å². The summed E-state index contributed by atoms with van der Waals surface area (Å²) in [5.41, 5.74) is -1.79. The maximum Gasteiger partial charge on any atom is 0.410 e. The van der Waals surface area contributed by atoms with Crippen molar-refractivity contribution in [3.05, 3.63) is 17.0 Å². The Morgan fingerprint density at radius 3 is 2.63 bits per heavy atom. The van der Waals surface area contributed by atoms with Gasteiger partial charge < -0.3 is 19.8 Å². The van der Waals surface area contributed by atoms with Gasteiger partial charge in [0, 0.05) is 24.4 Å². The van der Waals surface area contributed by atoms with E-state index in [1.54, 1.807) is 20.8 Å². The first-order valence-electron chi connectivity index (χ1n) is 9.15. The number of carbonyl (C=O) groups excluding carboxylic acids is 1. The standard InChI is InChI=1S/C18H27F2N3O4/c1-11-7-13-12(8-22(11)15(25)27-16(2,3)4)14-18(19,20)6-5-17(26,10-24)9-23(14)21-13/h11,24,26H,5-10H2,1-4H3/t11-,17-/m1/s1. The fourth-order valence-electron chi connectivity index (χ4n) is 3.68. The van der Waals surface area contributed by atoms with Gasteiger partial charge >= 0.3 is 6.09 Å². The summed E-state index contributed by atoms with van der Waals surface area (Å²) in [6.07, 6.45) is -1.06. The number of amides is 1. The number of aliphatic hydroxyl groups excluding tert-OH is 1. The van der Waals surface area contributed by atoms with Crippen LogP contribution in [0, 0.1) is 0 Å². The summed E-state index contributed by atoms with van der Waals surface area (Å²) in [6.45, 7) is 6.23. The molecule has 0 bridgehead atoms. The lowest BCUT2D eigenvalue weighted by molar-refractivity contribution is -0.0598. The minimum atomic E-state index is -3.21. The Morgan fingerprint density at radius 1 is 1.37 bits per heavy atom. The summed E-state index contributed by atoms with van der Waals surface area (Å²) in [5.74, 6) is -3.21. The fraction of sp³-hybridized carbons (Fsp3) is 0.778. The van der Waals surface area contributed by atoms with E-state index < -0.39 is 36.2 Å². The zero-order valence-corrected chi connectivity index (χ0v) is 16.1. The average Bonchev–Trinajstić information content (AvgIpc) is 2.83. The molecule has 3 heterocycles. The van der Waals surface area contributed by atoms with Crippen LogP contribution < -0.4 is 0 Å². The summed E-state index contributed by atoms with van der Waals surface area (Å²) >= 11 is 0. The maximum atomic E-state index is 14.9. The second-order valence-electron chi connectivity index (χ2n) is 8.68. The maximum absolute atomic E-state index is 14.9. The van der Waals surface area contributed by atoms with Gasteiger partial charge in [0.05, 0.1) is 25.4 Å². The van der Waals surface area contributed by atoms with Crippen molar-refractivity contribution in [3.63, 3.8) is 0 Å². The number of halogens is 2. The van der Waals surface area contributed by atoms with E-state index in [9.17, 15) is 23.8 Å². The first kappa shape index (κ1) is 20.0. The number of aliphatic hydroxyl groups is 2. The van der Waals surface area contributed by atoms with Crippen LogP contribution in [0.4, 0.5) is 13.6 Å². The molecule has 0 saturated carbocycles. The Hall–Kier alpha value is -1.74. The van der Waals surface area contributed by atoms with Crippen molar-refractivity contribution >= 4 is 6.09 Å². The molecular weight excluding hydrogens is 360 g/mol. The number of hydrogen-bond donors (Lipinski definition) is 2. The second-order valence-corrected chi connectivity index (χ2v) is 8.68. The van der Waals surface area contributed by atoms with Crippen LogP contribution in [0.2, 0.25) is 0 Å². The summed E-state index contributed by atoms with van der Waals surface area (Å²) in [5, 5.41) is 24.1. The van der Waals surface area contributed by atoms with Crippen molar-refractivity contribution in [2.45, 2.75) is 83.2 Å². The number of hydrogen-bond acceptors (Lipinski definition) is 5. The van der Waals surface area contributed by atoms with Crippen LogP contribution in [-0.4, -0.2) is 54.8 Å². The Bertz CT molecular complexity index is 744. The third-order valence-electron chi connectivity index (χ3n) is 5.10. The minimum absolute atomic E-state index is 0.0200. The monoisotopic (exact) mass is 387 g/mol. The molecule has 2 aliphatic rings. The van der Waals surface area contributed by atoms with E-state index in [-0.39, 0.29) is 31.2 Å². The third kappa shape index (κ3) is 3.80. The molecule has 1 amide bonds. The summed E-state index contributed by atoms with van der Waals surface area (Å²) in [7, 11) is 0. The molecule has 1 aromatic rings. The van der Waals surface area contributed by atoms with Crippen LogP contribution in [0.25, 0.3) is 0 Å². The van der Waals surface area contributed by atoms with Crippen LogP contribution >= 0.6 is 0 Å². The number of aromatic nitrogens is 2. The topological polar surface area (TPSA) is 87.8 Å². The summed E-state index contributed by atoms with van der Waals surface area (Å²) in [6, 6.07) is -0.253. The molecule has 0 radical (unpaired) electrons. The van der Waals surface area contributed by atoms with Gasteiger partial charge in [-0.15, -0.1) is 0 Å². The molecule has 0 fully saturated rings. The average molecular weight is 387 g/mol. The van der Waals surface area contributed by atoms with Gasteiger partial charge in [0.15, 0.2) is 0 Å². The molecule has 0 aliphatic carbocycles. The molecule has 7 nitrogen and oxygen atoms in total. The van der Waals surface area contributed by atoms with Crippen LogP contribution in [0.15, 0.2) is 0 Å². The van der Waals surface area contributed by atoms with Gasteiger partial charge in [-0.2, -0.15) is 13.9 Å². The number of fused-ring (bicyclic) bond motifs is 3. The first-order chi connectivity index (χ1) is 12.4. The largest absolute Gasteiger partial charge is 0.444 e. The van der Waals surface area contributed by atoms with Crippen LogP contribution in [0.1, 0.15) is 57.5 Å². The van der Waals surface area contributed by atoms with Crippen LogP contribution in [0.5, 0.6) is 0 Å². The van der Waals surface area contributed by atoms with Gasteiger partial charge in [-0.25, -0.2) is 4.79 Å². The van der Waals surface area contributed by atoms with E-state index in [4.69, 9.17) is 4.74 Å². The lowest BCUT2D eigenvalue weighted by Gasteiger charge is -2.35. The number of ether oxygens (including phenoxy) is 1. The normalized spacial score (nSPS) is 27.6. The Morgan fingerprint density at radius 2 is 2.04 bits per heavy atom. The lowest BCUT2D eigenvalue weighted by Crippen LogP contribution is -2.45. The molecule has 27 heavy (non-hydrogen) atoms. The molecule has 2 N–H and O–H groups in total. The first-order valence-corrected chi connectivity index (χ1v) is 9.15. The predicted molar refractivity (Wildman–Crippen MR) is 92.3 cm³/mol. The highest BCUT2D eigenvalue weighted by Crippen LogP contribution is 2.43. The molecule has 0 unspecified atom stereocenters. The molecule has 9 heteroatoms. The zero-order valence-electron chi connectivity index (χ0n) is 16.1. The smallest absolute Gasteiger partial charge is 0.410 e. The molecule has 0 aromatic carbocycles. The highest BCUT2D eigenvalue weighted by atomic mass is 19.3. The van der Waals surface area contributed by atoms with Crippen molar-refractivity contribution in [1.82, 2.24) is 14.7 Å². The van der Waals surface area contributed by atoms with E-state index in [1.807, 2.05) is 6.92 Å².